The van der Waals surface area contributed by atoms with Crippen molar-refractivity contribution in [2.24, 2.45) is 0 Å². The van der Waals surface area contributed by atoms with Crippen LogP contribution in [0, 0.1) is 5.82 Å². The molecule has 0 aliphatic carbocycles. The number of amides is 1. The largest absolute Gasteiger partial charge is 0.348 e. The second-order valence-electron chi connectivity index (χ2n) is 5.25. The lowest BCUT2D eigenvalue weighted by Crippen LogP contribution is -2.22. The fourth-order valence-electron chi connectivity index (χ4n) is 2.21. The number of hydrogen-bond donors (Lipinski definition) is 1. The molecule has 1 amide bonds. The van der Waals surface area contributed by atoms with Gasteiger partial charge in [-0.15, -0.1) is 0 Å². The van der Waals surface area contributed by atoms with Crippen LogP contribution >= 0.6 is 15.9 Å². The minimum atomic E-state index is -0.289. The molecule has 0 unspecified atom stereocenters. The highest BCUT2D eigenvalue weighted by Crippen LogP contribution is 2.17. The van der Waals surface area contributed by atoms with E-state index in [-0.39, 0.29) is 11.7 Å². The maximum atomic E-state index is 12.9. The number of aromatic nitrogens is 1. The van der Waals surface area contributed by atoms with Gasteiger partial charge in [0.05, 0.1) is 11.3 Å². The molecule has 0 saturated carbocycles. The molecule has 2 aromatic carbocycles. The topological polar surface area (TPSA) is 42.0 Å². The zero-order chi connectivity index (χ0) is 16.9. The van der Waals surface area contributed by atoms with E-state index in [1.54, 1.807) is 24.3 Å². The van der Waals surface area contributed by atoms with E-state index in [0.29, 0.717) is 17.8 Å². The molecular weight excluding hydrogens is 371 g/mol. The van der Waals surface area contributed by atoms with Crippen LogP contribution in [-0.2, 0) is 6.54 Å². The van der Waals surface area contributed by atoms with Gasteiger partial charge >= 0.3 is 0 Å². The summed E-state index contributed by atoms with van der Waals surface area (Å²) in [5.74, 6) is -0.473. The summed E-state index contributed by atoms with van der Waals surface area (Å²) in [5, 5.41) is 2.86. The smallest absolute Gasteiger partial charge is 0.253 e. The van der Waals surface area contributed by atoms with E-state index in [1.165, 1.54) is 18.3 Å². The molecule has 120 valence electrons. The fourth-order valence-corrected chi connectivity index (χ4v) is 2.47. The Hall–Kier alpha value is -2.53. The van der Waals surface area contributed by atoms with Gasteiger partial charge in [0.2, 0.25) is 0 Å². The zero-order valence-electron chi connectivity index (χ0n) is 12.7. The Morgan fingerprint density at radius 2 is 1.71 bits per heavy atom. The Bertz CT molecular complexity index is 831. The summed E-state index contributed by atoms with van der Waals surface area (Å²) in [5.41, 5.74) is 3.00. The number of benzene rings is 2. The average Bonchev–Trinajstić information content (AvgIpc) is 2.62. The summed E-state index contributed by atoms with van der Waals surface area (Å²) in [6.07, 6.45) is 1.52. The summed E-state index contributed by atoms with van der Waals surface area (Å²) in [7, 11) is 0. The molecule has 0 saturated heterocycles. The normalized spacial score (nSPS) is 10.4. The molecule has 24 heavy (non-hydrogen) atoms. The molecule has 0 atom stereocenters. The van der Waals surface area contributed by atoms with Gasteiger partial charge in [-0.3, -0.25) is 9.78 Å². The van der Waals surface area contributed by atoms with Crippen molar-refractivity contribution in [1.82, 2.24) is 10.3 Å². The molecule has 0 spiro atoms. The molecule has 1 aromatic heterocycles. The Labute approximate surface area is 147 Å². The first-order valence-electron chi connectivity index (χ1n) is 7.36. The van der Waals surface area contributed by atoms with Crippen molar-refractivity contribution in [1.29, 1.82) is 0 Å². The van der Waals surface area contributed by atoms with E-state index in [2.05, 4.69) is 26.2 Å². The van der Waals surface area contributed by atoms with Crippen molar-refractivity contribution < 1.29 is 9.18 Å². The van der Waals surface area contributed by atoms with E-state index < -0.39 is 0 Å². The molecule has 0 radical (unpaired) electrons. The highest BCUT2D eigenvalue weighted by molar-refractivity contribution is 9.10. The lowest BCUT2D eigenvalue weighted by atomic mass is 10.1. The molecule has 0 bridgehead atoms. The molecule has 3 nitrogen and oxygen atoms in total. The summed E-state index contributed by atoms with van der Waals surface area (Å²) < 4.78 is 13.9. The first-order chi connectivity index (χ1) is 11.6. The monoisotopic (exact) mass is 384 g/mol. The van der Waals surface area contributed by atoms with E-state index in [1.807, 2.05) is 24.3 Å². The maximum Gasteiger partial charge on any atom is 0.253 e. The van der Waals surface area contributed by atoms with Gasteiger partial charge in [0, 0.05) is 22.8 Å². The van der Waals surface area contributed by atoms with Crippen LogP contribution in [0.1, 0.15) is 15.9 Å². The molecule has 0 aliphatic rings. The third kappa shape index (κ3) is 4.06. The lowest BCUT2D eigenvalue weighted by molar-refractivity contribution is 0.0950. The number of halogens is 2. The van der Waals surface area contributed by atoms with Crippen molar-refractivity contribution in [2.75, 3.05) is 0 Å². The van der Waals surface area contributed by atoms with Crippen molar-refractivity contribution in [2.45, 2.75) is 6.54 Å². The summed E-state index contributed by atoms with van der Waals surface area (Å²) in [6, 6.07) is 17.3. The Morgan fingerprint density at radius 1 is 1.00 bits per heavy atom. The number of nitrogens with one attached hydrogen (secondary N) is 1. The molecule has 3 aromatic rings. The highest BCUT2D eigenvalue weighted by atomic mass is 79.9. The molecule has 1 heterocycles. The minimum absolute atomic E-state index is 0.184. The molecule has 1 N–H and O–H groups in total. The van der Waals surface area contributed by atoms with Gasteiger partial charge in [0.15, 0.2) is 0 Å². The Morgan fingerprint density at radius 3 is 2.33 bits per heavy atom. The van der Waals surface area contributed by atoms with Crippen molar-refractivity contribution in [3.05, 3.63) is 88.3 Å². The Balaban J connectivity index is 1.65. The van der Waals surface area contributed by atoms with Crippen molar-refractivity contribution in [3.8, 4) is 11.3 Å². The number of carbonyl (C=O) groups is 1. The maximum absolute atomic E-state index is 12.9. The van der Waals surface area contributed by atoms with Crippen LogP contribution in [0.5, 0.6) is 0 Å². The van der Waals surface area contributed by atoms with Crippen LogP contribution in [0.15, 0.2) is 71.3 Å². The van der Waals surface area contributed by atoms with Crippen LogP contribution in [-0.4, -0.2) is 10.9 Å². The van der Waals surface area contributed by atoms with Gasteiger partial charge < -0.3 is 5.32 Å². The molecule has 3 rings (SSSR count). The predicted molar refractivity (Wildman–Crippen MR) is 94.9 cm³/mol. The van der Waals surface area contributed by atoms with Crippen molar-refractivity contribution >= 4 is 21.8 Å². The van der Waals surface area contributed by atoms with E-state index in [9.17, 15) is 9.18 Å². The first-order valence-corrected chi connectivity index (χ1v) is 8.16. The third-order valence-electron chi connectivity index (χ3n) is 3.53. The van der Waals surface area contributed by atoms with Gasteiger partial charge in [0.1, 0.15) is 5.82 Å². The lowest BCUT2D eigenvalue weighted by Gasteiger charge is -2.06. The van der Waals surface area contributed by atoms with Crippen molar-refractivity contribution in [3.63, 3.8) is 0 Å². The van der Waals surface area contributed by atoms with E-state index >= 15 is 0 Å². The van der Waals surface area contributed by atoms with Gasteiger partial charge in [-0.25, -0.2) is 4.39 Å². The second-order valence-corrected chi connectivity index (χ2v) is 6.16. The van der Waals surface area contributed by atoms with Crippen LogP contribution in [0.25, 0.3) is 11.3 Å². The highest BCUT2D eigenvalue weighted by Gasteiger charge is 2.07. The standard InChI is InChI=1S/C19H14BrFN2O/c20-16-6-1-13(2-7-16)11-23-19(24)15-5-10-18(22-12-15)14-3-8-17(21)9-4-14/h1-10,12H,11H2,(H,23,24). The SMILES string of the molecule is O=C(NCc1ccc(Br)cc1)c1ccc(-c2ccc(F)cc2)nc1. The van der Waals surface area contributed by atoms with Crippen LogP contribution in [0.3, 0.4) is 0 Å². The number of pyridine rings is 1. The van der Waals surface area contributed by atoms with Gasteiger partial charge in [0.25, 0.3) is 5.91 Å². The third-order valence-corrected chi connectivity index (χ3v) is 4.06. The quantitative estimate of drug-likeness (QED) is 0.715. The average molecular weight is 385 g/mol. The minimum Gasteiger partial charge on any atom is -0.348 e. The molecular formula is C19H14BrFN2O. The van der Waals surface area contributed by atoms with Gasteiger partial charge in [-0.05, 0) is 54.1 Å². The van der Waals surface area contributed by atoms with E-state index in [4.69, 9.17) is 0 Å². The van der Waals surface area contributed by atoms with Crippen LogP contribution in [0.4, 0.5) is 4.39 Å². The summed E-state index contributed by atoms with van der Waals surface area (Å²) >= 11 is 3.38. The summed E-state index contributed by atoms with van der Waals surface area (Å²) in [4.78, 5) is 16.4. The van der Waals surface area contributed by atoms with Crippen LogP contribution < -0.4 is 5.32 Å². The number of carbonyl (C=O) groups excluding carboxylic acids is 1. The van der Waals surface area contributed by atoms with Gasteiger partial charge in [-0.2, -0.15) is 0 Å². The first kappa shape index (κ1) is 16.3. The fraction of sp³-hybridized carbons (Fsp3) is 0.0526. The van der Waals surface area contributed by atoms with Gasteiger partial charge in [-0.1, -0.05) is 28.1 Å². The molecule has 0 aliphatic heterocycles. The Kier molecular flexibility index (Phi) is 5.01. The van der Waals surface area contributed by atoms with E-state index in [0.717, 1.165) is 15.6 Å². The zero-order valence-corrected chi connectivity index (χ0v) is 14.3. The number of hydrogen-bond acceptors (Lipinski definition) is 2. The molecule has 5 heteroatoms. The number of nitrogens with zero attached hydrogens (tertiary/aromatic N) is 1. The predicted octanol–water partition coefficient (Wildman–Crippen LogP) is 4.58. The summed E-state index contributed by atoms with van der Waals surface area (Å²) in [6.45, 7) is 0.450. The second kappa shape index (κ2) is 7.36. The number of rotatable bonds is 4. The van der Waals surface area contributed by atoms with Crippen LogP contribution in [0.2, 0.25) is 0 Å². The molecule has 0 fully saturated rings.